The van der Waals surface area contributed by atoms with Gasteiger partial charge in [0.25, 0.3) is 0 Å². The molecule has 0 saturated heterocycles. The molecule has 1 unspecified atom stereocenters. The number of nitrogens with one attached hydrogen (secondary N) is 2. The molecule has 2 N–H and O–H groups in total. The maximum absolute atomic E-state index is 4.42. The number of rotatable bonds is 7. The first-order valence-corrected chi connectivity index (χ1v) is 7.52. The van der Waals surface area contributed by atoms with Crippen LogP contribution in [0.15, 0.2) is 36.7 Å². The zero-order valence-electron chi connectivity index (χ0n) is 12.7. The van der Waals surface area contributed by atoms with Gasteiger partial charge in [0.15, 0.2) is 0 Å². The number of nitrogens with zero attached hydrogens (tertiary/aromatic N) is 1. The fourth-order valence-electron chi connectivity index (χ4n) is 2.47. The molecule has 0 saturated carbocycles. The van der Waals surface area contributed by atoms with Crippen molar-refractivity contribution in [1.29, 1.82) is 0 Å². The van der Waals surface area contributed by atoms with Gasteiger partial charge in [0.1, 0.15) is 5.82 Å². The highest BCUT2D eigenvalue weighted by atomic mass is 15.0. The van der Waals surface area contributed by atoms with Crippen molar-refractivity contribution in [1.82, 2.24) is 15.3 Å². The summed E-state index contributed by atoms with van der Waals surface area (Å²) in [6.45, 7) is 7.68. The molecule has 0 fully saturated rings. The van der Waals surface area contributed by atoms with Crippen LogP contribution < -0.4 is 5.32 Å². The Labute approximate surface area is 121 Å². The van der Waals surface area contributed by atoms with E-state index in [2.05, 4.69) is 60.3 Å². The number of H-pyrrole nitrogens is 1. The summed E-state index contributed by atoms with van der Waals surface area (Å²) in [6, 6.07) is 8.99. The third-order valence-corrected chi connectivity index (χ3v) is 3.32. The number of imidazole rings is 1. The standard InChI is InChI=1S/C17H25N3/c1-4-8-18-16(17-19-9-10-20-17)15-7-5-6-14(12-15)11-13(2)3/h5-7,9-10,12-13,16,18H,4,8,11H2,1-3H3,(H,19,20). The molecule has 1 atom stereocenters. The minimum atomic E-state index is 0.150. The van der Waals surface area contributed by atoms with Crippen LogP contribution in [0.2, 0.25) is 0 Å². The molecule has 3 nitrogen and oxygen atoms in total. The minimum Gasteiger partial charge on any atom is -0.347 e. The second kappa shape index (κ2) is 7.25. The normalized spacial score (nSPS) is 12.8. The summed E-state index contributed by atoms with van der Waals surface area (Å²) in [5.41, 5.74) is 2.68. The molecule has 1 aromatic heterocycles. The lowest BCUT2D eigenvalue weighted by Crippen LogP contribution is -2.24. The van der Waals surface area contributed by atoms with Crippen molar-refractivity contribution >= 4 is 0 Å². The first-order chi connectivity index (χ1) is 9.70. The predicted octanol–water partition coefficient (Wildman–Crippen LogP) is 3.70. The molecule has 108 valence electrons. The molecule has 0 radical (unpaired) electrons. The summed E-state index contributed by atoms with van der Waals surface area (Å²) < 4.78 is 0. The lowest BCUT2D eigenvalue weighted by molar-refractivity contribution is 0.575. The largest absolute Gasteiger partial charge is 0.347 e. The SMILES string of the molecule is CCCNC(c1cccc(CC(C)C)c1)c1ncc[nH]1. The molecule has 0 amide bonds. The molecule has 1 heterocycles. The molecule has 2 aromatic rings. The Bertz CT molecular complexity index is 503. The van der Waals surface area contributed by atoms with Gasteiger partial charge in [-0.3, -0.25) is 0 Å². The molecule has 0 spiro atoms. The Kier molecular flexibility index (Phi) is 5.36. The molecule has 1 aromatic carbocycles. The van der Waals surface area contributed by atoms with Gasteiger partial charge in [0.05, 0.1) is 6.04 Å². The van der Waals surface area contributed by atoms with Crippen LogP contribution in [-0.4, -0.2) is 16.5 Å². The van der Waals surface area contributed by atoms with Crippen molar-refractivity contribution in [3.63, 3.8) is 0 Å². The van der Waals surface area contributed by atoms with Crippen LogP contribution in [0.3, 0.4) is 0 Å². The molecular weight excluding hydrogens is 246 g/mol. The number of aromatic amines is 1. The van der Waals surface area contributed by atoms with Gasteiger partial charge in [-0.25, -0.2) is 4.98 Å². The van der Waals surface area contributed by atoms with E-state index < -0.39 is 0 Å². The van der Waals surface area contributed by atoms with Crippen molar-refractivity contribution in [2.45, 2.75) is 39.7 Å². The highest BCUT2D eigenvalue weighted by molar-refractivity contribution is 5.30. The van der Waals surface area contributed by atoms with Crippen LogP contribution in [-0.2, 0) is 6.42 Å². The summed E-state index contributed by atoms with van der Waals surface area (Å²) >= 11 is 0. The van der Waals surface area contributed by atoms with Crippen molar-refractivity contribution in [2.24, 2.45) is 5.92 Å². The van der Waals surface area contributed by atoms with Crippen LogP contribution >= 0.6 is 0 Å². The molecule has 0 aliphatic heterocycles. The predicted molar refractivity (Wildman–Crippen MR) is 83.7 cm³/mol. The van der Waals surface area contributed by atoms with Crippen LogP contribution in [0, 0.1) is 5.92 Å². The Morgan fingerprint density at radius 1 is 1.30 bits per heavy atom. The fourth-order valence-corrected chi connectivity index (χ4v) is 2.47. The third kappa shape index (κ3) is 3.94. The van der Waals surface area contributed by atoms with E-state index in [0.717, 1.165) is 25.2 Å². The van der Waals surface area contributed by atoms with Crippen LogP contribution in [0.4, 0.5) is 0 Å². The zero-order chi connectivity index (χ0) is 14.4. The lowest BCUT2D eigenvalue weighted by Gasteiger charge is -2.18. The fraction of sp³-hybridized carbons (Fsp3) is 0.471. The van der Waals surface area contributed by atoms with Gasteiger partial charge in [-0.1, -0.05) is 45.0 Å². The highest BCUT2D eigenvalue weighted by Crippen LogP contribution is 2.21. The molecule has 0 aliphatic carbocycles. The number of aromatic nitrogens is 2. The number of benzene rings is 1. The van der Waals surface area contributed by atoms with E-state index in [1.807, 2.05) is 12.4 Å². The summed E-state index contributed by atoms with van der Waals surface area (Å²) in [4.78, 5) is 7.65. The minimum absolute atomic E-state index is 0.150. The van der Waals surface area contributed by atoms with E-state index in [9.17, 15) is 0 Å². The highest BCUT2D eigenvalue weighted by Gasteiger charge is 2.15. The maximum Gasteiger partial charge on any atom is 0.127 e. The number of hydrogen-bond donors (Lipinski definition) is 2. The molecule has 20 heavy (non-hydrogen) atoms. The van der Waals surface area contributed by atoms with Gasteiger partial charge in [-0.2, -0.15) is 0 Å². The van der Waals surface area contributed by atoms with Gasteiger partial charge < -0.3 is 10.3 Å². The summed E-state index contributed by atoms with van der Waals surface area (Å²) in [5, 5.41) is 3.57. The Hall–Kier alpha value is -1.61. The van der Waals surface area contributed by atoms with Crippen molar-refractivity contribution < 1.29 is 0 Å². The molecule has 3 heteroatoms. The Morgan fingerprint density at radius 2 is 2.15 bits per heavy atom. The van der Waals surface area contributed by atoms with Gasteiger partial charge in [0.2, 0.25) is 0 Å². The average Bonchev–Trinajstić information content (AvgIpc) is 2.93. The molecular formula is C17H25N3. The monoisotopic (exact) mass is 271 g/mol. The van der Waals surface area contributed by atoms with E-state index in [1.54, 1.807) is 0 Å². The Balaban J connectivity index is 2.24. The van der Waals surface area contributed by atoms with Gasteiger partial charge in [0, 0.05) is 12.4 Å². The van der Waals surface area contributed by atoms with E-state index in [0.29, 0.717) is 5.92 Å². The molecule has 2 rings (SSSR count). The smallest absolute Gasteiger partial charge is 0.127 e. The van der Waals surface area contributed by atoms with Crippen molar-refractivity contribution in [3.05, 3.63) is 53.6 Å². The van der Waals surface area contributed by atoms with Gasteiger partial charge in [-0.05, 0) is 36.4 Å². The van der Waals surface area contributed by atoms with Crippen LogP contribution in [0.1, 0.15) is 50.2 Å². The van der Waals surface area contributed by atoms with Crippen LogP contribution in [0.25, 0.3) is 0 Å². The average molecular weight is 271 g/mol. The quantitative estimate of drug-likeness (QED) is 0.806. The number of hydrogen-bond acceptors (Lipinski definition) is 2. The second-order valence-corrected chi connectivity index (χ2v) is 5.70. The van der Waals surface area contributed by atoms with E-state index in [-0.39, 0.29) is 6.04 Å². The topological polar surface area (TPSA) is 40.7 Å². The van der Waals surface area contributed by atoms with Crippen molar-refractivity contribution in [2.75, 3.05) is 6.54 Å². The van der Waals surface area contributed by atoms with E-state index >= 15 is 0 Å². The van der Waals surface area contributed by atoms with Crippen molar-refractivity contribution in [3.8, 4) is 0 Å². The van der Waals surface area contributed by atoms with E-state index in [4.69, 9.17) is 0 Å². The van der Waals surface area contributed by atoms with Gasteiger partial charge >= 0.3 is 0 Å². The van der Waals surface area contributed by atoms with E-state index in [1.165, 1.54) is 11.1 Å². The first-order valence-electron chi connectivity index (χ1n) is 7.52. The molecule has 0 bridgehead atoms. The molecule has 0 aliphatic rings. The zero-order valence-corrected chi connectivity index (χ0v) is 12.7. The van der Waals surface area contributed by atoms with Gasteiger partial charge in [-0.15, -0.1) is 0 Å². The van der Waals surface area contributed by atoms with Crippen LogP contribution in [0.5, 0.6) is 0 Å². The Morgan fingerprint density at radius 3 is 2.80 bits per heavy atom. The second-order valence-electron chi connectivity index (χ2n) is 5.70. The lowest BCUT2D eigenvalue weighted by atomic mass is 9.98. The maximum atomic E-state index is 4.42. The summed E-state index contributed by atoms with van der Waals surface area (Å²) in [5.74, 6) is 1.66. The summed E-state index contributed by atoms with van der Waals surface area (Å²) in [7, 11) is 0. The summed E-state index contributed by atoms with van der Waals surface area (Å²) in [6.07, 6.45) is 5.93. The first kappa shape index (κ1) is 14.8. The third-order valence-electron chi connectivity index (χ3n) is 3.32.